The van der Waals surface area contributed by atoms with Crippen LogP contribution in [0.25, 0.3) is 0 Å². The molecular weight excluding hydrogens is 210 g/mol. The summed E-state index contributed by atoms with van der Waals surface area (Å²) in [6, 6.07) is 2.31. The third-order valence-corrected chi connectivity index (χ3v) is 2.69. The zero-order valence-electron chi connectivity index (χ0n) is 9.36. The highest BCUT2D eigenvalue weighted by atomic mass is 35.5. The van der Waals surface area contributed by atoms with Gasteiger partial charge in [0.1, 0.15) is 0 Å². The molecule has 0 atom stereocenters. The van der Waals surface area contributed by atoms with Crippen LogP contribution < -0.4 is 4.90 Å². The van der Waals surface area contributed by atoms with Crippen LogP contribution in [0.5, 0.6) is 0 Å². The highest BCUT2D eigenvalue weighted by molar-refractivity contribution is 6.18. The van der Waals surface area contributed by atoms with E-state index in [0.29, 0.717) is 11.9 Å². The van der Waals surface area contributed by atoms with Crippen LogP contribution in [0.2, 0.25) is 0 Å². The van der Waals surface area contributed by atoms with Crippen molar-refractivity contribution in [1.82, 2.24) is 9.97 Å². The Labute approximate surface area is 96.5 Å². The van der Waals surface area contributed by atoms with Crippen molar-refractivity contribution in [3.05, 3.63) is 18.5 Å². The summed E-state index contributed by atoms with van der Waals surface area (Å²) >= 11 is 5.81. The van der Waals surface area contributed by atoms with Crippen molar-refractivity contribution in [3.8, 4) is 0 Å². The molecule has 0 unspecified atom stereocenters. The van der Waals surface area contributed by atoms with Gasteiger partial charge in [-0.2, -0.15) is 0 Å². The second kappa shape index (κ2) is 6.62. The van der Waals surface area contributed by atoms with Crippen LogP contribution in [-0.2, 0) is 0 Å². The van der Waals surface area contributed by atoms with Crippen molar-refractivity contribution in [1.29, 1.82) is 0 Å². The molecule has 3 nitrogen and oxygen atoms in total. The molecule has 84 valence electrons. The Morgan fingerprint density at radius 2 is 1.87 bits per heavy atom. The number of hydrogen-bond acceptors (Lipinski definition) is 3. The van der Waals surface area contributed by atoms with E-state index in [2.05, 4.69) is 28.7 Å². The Morgan fingerprint density at radius 3 is 2.33 bits per heavy atom. The Morgan fingerprint density at radius 1 is 1.27 bits per heavy atom. The fraction of sp³-hybridized carbons (Fsp3) is 0.636. The number of nitrogens with zero attached hydrogens (tertiary/aromatic N) is 3. The minimum atomic E-state index is 0.478. The predicted molar refractivity (Wildman–Crippen MR) is 64.5 cm³/mol. The Kier molecular flexibility index (Phi) is 5.40. The molecule has 0 bridgehead atoms. The predicted octanol–water partition coefficient (Wildman–Crippen LogP) is 2.71. The lowest BCUT2D eigenvalue weighted by Gasteiger charge is -2.29. The van der Waals surface area contributed by atoms with Gasteiger partial charge in [0.25, 0.3) is 0 Å². The smallest absolute Gasteiger partial charge is 0.225 e. The molecule has 0 spiro atoms. The standard InChI is InChI=1S/C11H18ClN3/c1-3-10(4-2)15(9-6-12)11-13-7-5-8-14-11/h5,7-8,10H,3-4,6,9H2,1-2H3. The van der Waals surface area contributed by atoms with Crippen molar-refractivity contribution in [2.45, 2.75) is 32.7 Å². The molecule has 15 heavy (non-hydrogen) atoms. The number of anilines is 1. The van der Waals surface area contributed by atoms with Gasteiger partial charge in [0.05, 0.1) is 0 Å². The zero-order valence-corrected chi connectivity index (χ0v) is 10.1. The van der Waals surface area contributed by atoms with Crippen molar-refractivity contribution in [2.24, 2.45) is 0 Å². The Hall–Kier alpha value is -0.830. The lowest BCUT2D eigenvalue weighted by atomic mass is 10.1. The summed E-state index contributed by atoms with van der Waals surface area (Å²) in [7, 11) is 0. The quantitative estimate of drug-likeness (QED) is 0.700. The number of halogens is 1. The van der Waals surface area contributed by atoms with E-state index >= 15 is 0 Å². The summed E-state index contributed by atoms with van der Waals surface area (Å²) in [5, 5.41) is 0. The first-order chi connectivity index (χ1) is 7.33. The van der Waals surface area contributed by atoms with E-state index in [-0.39, 0.29) is 0 Å². The van der Waals surface area contributed by atoms with E-state index in [1.807, 2.05) is 6.07 Å². The van der Waals surface area contributed by atoms with Crippen LogP contribution in [0.4, 0.5) is 5.95 Å². The van der Waals surface area contributed by atoms with E-state index in [1.165, 1.54) is 0 Å². The van der Waals surface area contributed by atoms with Crippen LogP contribution in [0, 0.1) is 0 Å². The van der Waals surface area contributed by atoms with Gasteiger partial charge in [0, 0.05) is 30.9 Å². The lowest BCUT2D eigenvalue weighted by Crippen LogP contribution is -2.37. The van der Waals surface area contributed by atoms with Gasteiger partial charge in [0.15, 0.2) is 0 Å². The summed E-state index contributed by atoms with van der Waals surface area (Å²) in [6.45, 7) is 5.16. The maximum Gasteiger partial charge on any atom is 0.225 e. The summed E-state index contributed by atoms with van der Waals surface area (Å²) in [6.07, 6.45) is 5.72. The van der Waals surface area contributed by atoms with Crippen LogP contribution in [0.15, 0.2) is 18.5 Å². The van der Waals surface area contributed by atoms with Gasteiger partial charge in [-0.05, 0) is 18.9 Å². The third kappa shape index (κ3) is 3.34. The van der Waals surface area contributed by atoms with Gasteiger partial charge >= 0.3 is 0 Å². The molecule has 0 aliphatic carbocycles. The van der Waals surface area contributed by atoms with Crippen molar-refractivity contribution in [3.63, 3.8) is 0 Å². The fourth-order valence-electron chi connectivity index (χ4n) is 1.71. The first kappa shape index (κ1) is 12.2. The summed E-state index contributed by atoms with van der Waals surface area (Å²) < 4.78 is 0. The number of aromatic nitrogens is 2. The lowest BCUT2D eigenvalue weighted by molar-refractivity contribution is 0.557. The molecule has 0 aromatic carbocycles. The average molecular weight is 228 g/mol. The maximum absolute atomic E-state index is 5.81. The molecular formula is C11H18ClN3. The second-order valence-corrected chi connectivity index (χ2v) is 3.78. The molecule has 4 heteroatoms. The van der Waals surface area contributed by atoms with E-state index in [4.69, 9.17) is 11.6 Å². The Bertz CT molecular complexity index is 262. The van der Waals surface area contributed by atoms with E-state index in [0.717, 1.165) is 25.3 Å². The number of alkyl halides is 1. The topological polar surface area (TPSA) is 29.0 Å². The molecule has 1 aromatic heterocycles. The molecule has 1 heterocycles. The monoisotopic (exact) mass is 227 g/mol. The summed E-state index contributed by atoms with van der Waals surface area (Å²) in [5.41, 5.74) is 0. The van der Waals surface area contributed by atoms with E-state index < -0.39 is 0 Å². The minimum absolute atomic E-state index is 0.478. The number of rotatable bonds is 6. The summed E-state index contributed by atoms with van der Waals surface area (Å²) in [4.78, 5) is 10.7. The van der Waals surface area contributed by atoms with Gasteiger partial charge in [-0.15, -0.1) is 11.6 Å². The minimum Gasteiger partial charge on any atom is -0.337 e. The summed E-state index contributed by atoms with van der Waals surface area (Å²) in [5.74, 6) is 1.39. The van der Waals surface area contributed by atoms with Crippen molar-refractivity contribution >= 4 is 17.5 Å². The van der Waals surface area contributed by atoms with E-state index in [1.54, 1.807) is 12.4 Å². The highest BCUT2D eigenvalue weighted by Gasteiger charge is 2.16. The fourth-order valence-corrected chi connectivity index (χ4v) is 1.89. The van der Waals surface area contributed by atoms with Crippen LogP contribution in [0.3, 0.4) is 0 Å². The SMILES string of the molecule is CCC(CC)N(CCCl)c1ncccn1. The third-order valence-electron chi connectivity index (χ3n) is 2.52. The van der Waals surface area contributed by atoms with Gasteiger partial charge in [0.2, 0.25) is 5.95 Å². The molecule has 0 aliphatic heterocycles. The van der Waals surface area contributed by atoms with Gasteiger partial charge < -0.3 is 4.90 Å². The van der Waals surface area contributed by atoms with Crippen LogP contribution in [-0.4, -0.2) is 28.4 Å². The second-order valence-electron chi connectivity index (χ2n) is 3.40. The first-order valence-corrected chi connectivity index (χ1v) is 5.96. The molecule has 0 aliphatic rings. The molecule has 0 amide bonds. The van der Waals surface area contributed by atoms with Crippen LogP contribution in [0.1, 0.15) is 26.7 Å². The van der Waals surface area contributed by atoms with Crippen molar-refractivity contribution < 1.29 is 0 Å². The Balaban J connectivity index is 2.81. The van der Waals surface area contributed by atoms with E-state index in [9.17, 15) is 0 Å². The molecule has 1 aromatic rings. The van der Waals surface area contributed by atoms with Gasteiger partial charge in [-0.3, -0.25) is 0 Å². The van der Waals surface area contributed by atoms with Gasteiger partial charge in [-0.1, -0.05) is 13.8 Å². The first-order valence-electron chi connectivity index (χ1n) is 5.43. The molecule has 1 rings (SSSR count). The normalized spacial score (nSPS) is 10.7. The zero-order chi connectivity index (χ0) is 11.1. The number of hydrogen-bond donors (Lipinski definition) is 0. The molecule has 0 saturated carbocycles. The molecule has 0 saturated heterocycles. The maximum atomic E-state index is 5.81. The molecule has 0 radical (unpaired) electrons. The van der Waals surface area contributed by atoms with Gasteiger partial charge in [-0.25, -0.2) is 9.97 Å². The van der Waals surface area contributed by atoms with Crippen LogP contribution >= 0.6 is 11.6 Å². The van der Waals surface area contributed by atoms with Crippen molar-refractivity contribution in [2.75, 3.05) is 17.3 Å². The largest absolute Gasteiger partial charge is 0.337 e. The highest BCUT2D eigenvalue weighted by Crippen LogP contribution is 2.15. The average Bonchev–Trinajstić information content (AvgIpc) is 2.30. The molecule has 0 fully saturated rings. The molecule has 0 N–H and O–H groups in total.